The molecule has 126 valence electrons. The quantitative estimate of drug-likeness (QED) is 0.757. The number of hydrogen-bond acceptors (Lipinski definition) is 3. The number of fused-ring (bicyclic) bond motifs is 1. The van der Waals surface area contributed by atoms with Gasteiger partial charge in [0.2, 0.25) is 0 Å². The third-order valence-electron chi connectivity index (χ3n) is 4.21. The fourth-order valence-electron chi connectivity index (χ4n) is 2.82. The first kappa shape index (κ1) is 17.7. The monoisotopic (exact) mass is 319 g/mol. The molecule has 0 radical (unpaired) electrons. The van der Waals surface area contributed by atoms with Gasteiger partial charge in [-0.05, 0) is 26.0 Å². The van der Waals surface area contributed by atoms with Crippen LogP contribution in [-0.4, -0.2) is 45.5 Å². The van der Waals surface area contributed by atoms with Gasteiger partial charge in [0.05, 0.1) is 18.8 Å². The van der Waals surface area contributed by atoms with E-state index in [-0.39, 0.29) is 5.43 Å². The van der Waals surface area contributed by atoms with Gasteiger partial charge >= 0.3 is 0 Å². The van der Waals surface area contributed by atoms with Gasteiger partial charge in [-0.1, -0.05) is 11.6 Å². The Morgan fingerprint density at radius 2 is 1.74 bits per heavy atom. The molecule has 0 aliphatic heterocycles. The lowest BCUT2D eigenvalue weighted by Gasteiger charge is -2.20. The molecule has 1 heterocycles. The minimum Gasteiger partial charge on any atom is -0.379 e. The van der Waals surface area contributed by atoms with Crippen molar-refractivity contribution in [2.24, 2.45) is 0 Å². The fraction of sp³-hybridized carbons (Fsp3) is 0.500. The zero-order chi connectivity index (χ0) is 16.8. The Bertz CT molecular complexity index is 701. The molecule has 2 N–H and O–H groups in total. The van der Waals surface area contributed by atoms with Crippen molar-refractivity contribution in [2.75, 3.05) is 40.5 Å². The Kier molecular flexibility index (Phi) is 6.33. The van der Waals surface area contributed by atoms with E-state index in [0.29, 0.717) is 19.8 Å². The number of benzene rings is 1. The second-order valence-corrected chi connectivity index (χ2v) is 6.02. The van der Waals surface area contributed by atoms with Crippen molar-refractivity contribution in [1.29, 1.82) is 0 Å². The van der Waals surface area contributed by atoms with E-state index in [9.17, 15) is 4.79 Å². The van der Waals surface area contributed by atoms with Gasteiger partial charge in [0.15, 0.2) is 5.43 Å². The highest BCUT2D eigenvalue weighted by atomic mass is 16.5. The summed E-state index contributed by atoms with van der Waals surface area (Å²) < 4.78 is 10.4. The van der Waals surface area contributed by atoms with Crippen LogP contribution in [0.3, 0.4) is 0 Å². The van der Waals surface area contributed by atoms with Crippen LogP contribution in [0.4, 0.5) is 0 Å². The minimum atomic E-state index is 0.132. The smallest absolute Gasteiger partial charge is 0.198 e. The summed E-state index contributed by atoms with van der Waals surface area (Å²) in [5, 5.41) is 0.767. The van der Waals surface area contributed by atoms with Crippen LogP contribution in [0, 0.1) is 13.8 Å². The first-order chi connectivity index (χ1) is 11.1. The third-order valence-corrected chi connectivity index (χ3v) is 4.21. The number of aryl methyl sites for hydroxylation is 2. The molecular formula is C18H27N2O3+. The Hall–Kier alpha value is -1.69. The topological polar surface area (TPSA) is 55.8 Å². The van der Waals surface area contributed by atoms with Gasteiger partial charge in [0.25, 0.3) is 0 Å². The number of nitrogens with one attached hydrogen (secondary N) is 2. The Morgan fingerprint density at radius 3 is 2.35 bits per heavy atom. The number of ether oxygens (including phenoxy) is 2. The Balaban J connectivity index is 2.34. The number of H-pyrrole nitrogens is 1. The van der Waals surface area contributed by atoms with Gasteiger partial charge in [-0.25, -0.2) is 0 Å². The summed E-state index contributed by atoms with van der Waals surface area (Å²) in [6, 6.07) is 5.95. The second kappa shape index (κ2) is 8.24. The van der Waals surface area contributed by atoms with Crippen LogP contribution in [0.25, 0.3) is 10.9 Å². The maximum atomic E-state index is 12.9. The molecule has 1 aromatic heterocycles. The molecule has 1 aromatic carbocycles. The van der Waals surface area contributed by atoms with Crippen LogP contribution in [0.5, 0.6) is 0 Å². The molecule has 0 saturated heterocycles. The van der Waals surface area contributed by atoms with E-state index in [0.717, 1.165) is 40.8 Å². The molecule has 0 aliphatic carbocycles. The molecule has 5 nitrogen and oxygen atoms in total. The Morgan fingerprint density at radius 1 is 1.09 bits per heavy atom. The first-order valence-corrected chi connectivity index (χ1v) is 8.00. The average molecular weight is 319 g/mol. The number of methoxy groups -OCH3 is 2. The zero-order valence-electron chi connectivity index (χ0n) is 14.5. The molecule has 23 heavy (non-hydrogen) atoms. The largest absolute Gasteiger partial charge is 0.379 e. The van der Waals surface area contributed by atoms with Gasteiger partial charge in [0.1, 0.15) is 19.6 Å². The third kappa shape index (κ3) is 4.41. The first-order valence-electron chi connectivity index (χ1n) is 8.00. The second-order valence-electron chi connectivity index (χ2n) is 6.02. The Labute approximate surface area is 137 Å². The zero-order valence-corrected chi connectivity index (χ0v) is 14.5. The minimum absolute atomic E-state index is 0.132. The number of hydrogen-bond donors (Lipinski definition) is 2. The lowest BCUT2D eigenvalue weighted by molar-refractivity contribution is -0.914. The van der Waals surface area contributed by atoms with Gasteiger partial charge in [-0.3, -0.25) is 4.79 Å². The van der Waals surface area contributed by atoms with Crippen molar-refractivity contribution in [3.63, 3.8) is 0 Å². The lowest BCUT2D eigenvalue weighted by Crippen LogP contribution is -3.12. The maximum absolute atomic E-state index is 12.9. The van der Waals surface area contributed by atoms with Crippen molar-refractivity contribution < 1.29 is 14.4 Å². The van der Waals surface area contributed by atoms with E-state index in [1.165, 1.54) is 4.90 Å². The van der Waals surface area contributed by atoms with Crippen LogP contribution >= 0.6 is 0 Å². The summed E-state index contributed by atoms with van der Waals surface area (Å²) in [7, 11) is 3.40. The summed E-state index contributed by atoms with van der Waals surface area (Å²) in [6.45, 7) is 7.70. The molecule has 5 heteroatoms. The van der Waals surface area contributed by atoms with E-state index in [2.05, 4.69) is 4.98 Å². The van der Waals surface area contributed by atoms with Crippen LogP contribution in [0.1, 0.15) is 16.8 Å². The SMILES string of the molecule is COCC[NH+](CCOC)Cc1c(C)[nH]c2ccc(C)cc2c1=O. The summed E-state index contributed by atoms with van der Waals surface area (Å²) >= 11 is 0. The molecule has 0 atom stereocenters. The van der Waals surface area contributed by atoms with Crippen LogP contribution in [0.2, 0.25) is 0 Å². The van der Waals surface area contributed by atoms with Crippen LogP contribution in [-0.2, 0) is 16.0 Å². The number of aromatic nitrogens is 1. The number of aromatic amines is 1. The molecule has 0 bridgehead atoms. The molecule has 0 amide bonds. The van der Waals surface area contributed by atoms with Gasteiger partial charge in [-0.2, -0.15) is 0 Å². The normalized spacial score (nSPS) is 11.5. The molecule has 0 unspecified atom stereocenters. The molecule has 0 spiro atoms. The standard InChI is InChI=1S/C18H26N2O3/c1-13-5-6-17-15(11-13)18(21)16(14(2)19-17)12-20(7-9-22-3)8-10-23-4/h5-6,11H,7-10,12H2,1-4H3,(H,19,21)/p+1. The molecule has 0 saturated carbocycles. The average Bonchev–Trinajstić information content (AvgIpc) is 2.54. The van der Waals surface area contributed by atoms with Crippen molar-refractivity contribution in [1.82, 2.24) is 4.98 Å². The molecule has 0 aliphatic rings. The highest BCUT2D eigenvalue weighted by molar-refractivity contribution is 5.80. The highest BCUT2D eigenvalue weighted by Gasteiger charge is 2.16. The number of pyridine rings is 1. The predicted octanol–water partition coefficient (Wildman–Crippen LogP) is 0.823. The molecule has 2 aromatic rings. The van der Waals surface area contributed by atoms with E-state index < -0.39 is 0 Å². The molecule has 0 fully saturated rings. The molecule has 2 rings (SSSR count). The van der Waals surface area contributed by atoms with Crippen molar-refractivity contribution in [3.8, 4) is 0 Å². The van der Waals surface area contributed by atoms with Gasteiger partial charge < -0.3 is 19.4 Å². The number of quaternary nitrogens is 1. The maximum Gasteiger partial charge on any atom is 0.198 e. The van der Waals surface area contributed by atoms with E-state index in [1.54, 1.807) is 14.2 Å². The molecular weight excluding hydrogens is 292 g/mol. The highest BCUT2D eigenvalue weighted by Crippen LogP contribution is 2.12. The van der Waals surface area contributed by atoms with Crippen molar-refractivity contribution in [2.45, 2.75) is 20.4 Å². The van der Waals surface area contributed by atoms with E-state index in [1.807, 2.05) is 32.0 Å². The predicted molar refractivity (Wildman–Crippen MR) is 92.2 cm³/mol. The lowest BCUT2D eigenvalue weighted by atomic mass is 10.1. The van der Waals surface area contributed by atoms with Gasteiger partial charge in [0, 0.05) is 30.8 Å². The van der Waals surface area contributed by atoms with Crippen molar-refractivity contribution in [3.05, 3.63) is 45.2 Å². The summed E-state index contributed by atoms with van der Waals surface area (Å²) in [5.41, 5.74) is 3.93. The summed E-state index contributed by atoms with van der Waals surface area (Å²) in [4.78, 5) is 17.5. The summed E-state index contributed by atoms with van der Waals surface area (Å²) in [6.07, 6.45) is 0. The van der Waals surface area contributed by atoms with E-state index >= 15 is 0 Å². The van der Waals surface area contributed by atoms with Crippen LogP contribution < -0.4 is 10.3 Å². The van der Waals surface area contributed by atoms with Crippen LogP contribution in [0.15, 0.2) is 23.0 Å². The summed E-state index contributed by atoms with van der Waals surface area (Å²) in [5.74, 6) is 0. The van der Waals surface area contributed by atoms with Crippen molar-refractivity contribution >= 4 is 10.9 Å². The number of rotatable bonds is 8. The fourth-order valence-corrected chi connectivity index (χ4v) is 2.82. The van der Waals surface area contributed by atoms with Gasteiger partial charge in [-0.15, -0.1) is 0 Å². The van der Waals surface area contributed by atoms with E-state index in [4.69, 9.17) is 9.47 Å².